The topological polar surface area (TPSA) is 80.9 Å². The van der Waals surface area contributed by atoms with Crippen LogP contribution in [0.5, 0.6) is 0 Å². The molecule has 0 radical (unpaired) electrons. The number of aryl methyl sites for hydroxylation is 1. The molecule has 6 heteroatoms. The van der Waals surface area contributed by atoms with Crippen LogP contribution < -0.4 is 5.32 Å². The summed E-state index contributed by atoms with van der Waals surface area (Å²) in [6, 6.07) is 10.9. The molecule has 22 heavy (non-hydrogen) atoms. The number of hydrogen-bond acceptors (Lipinski definition) is 5. The second-order valence-electron chi connectivity index (χ2n) is 4.76. The summed E-state index contributed by atoms with van der Waals surface area (Å²) in [4.78, 5) is 20.3. The highest BCUT2D eigenvalue weighted by atomic mass is 16.5. The van der Waals surface area contributed by atoms with Gasteiger partial charge in [-0.3, -0.25) is 9.78 Å². The van der Waals surface area contributed by atoms with Crippen LogP contribution in [0.3, 0.4) is 0 Å². The van der Waals surface area contributed by atoms with Gasteiger partial charge in [-0.05, 0) is 30.7 Å². The fraction of sp³-hybridized carbons (Fsp3) is 0.125. The van der Waals surface area contributed by atoms with E-state index in [0.717, 1.165) is 11.3 Å². The maximum Gasteiger partial charge on any atom is 0.255 e. The molecule has 0 saturated carbocycles. The molecule has 6 nitrogen and oxygen atoms in total. The summed E-state index contributed by atoms with van der Waals surface area (Å²) in [6.07, 6.45) is 3.64. The first-order valence-electron chi connectivity index (χ1n) is 6.81. The maximum absolute atomic E-state index is 12.2. The smallest absolute Gasteiger partial charge is 0.255 e. The van der Waals surface area contributed by atoms with Crippen LogP contribution in [0.4, 0.5) is 5.69 Å². The van der Waals surface area contributed by atoms with Crippen LogP contribution in [-0.2, 0) is 6.42 Å². The molecule has 2 aromatic heterocycles. The predicted molar refractivity (Wildman–Crippen MR) is 80.5 cm³/mol. The molecular formula is C16H14N4O2. The molecule has 1 amide bonds. The highest BCUT2D eigenvalue weighted by Gasteiger charge is 2.11. The molecular weight excluding hydrogens is 280 g/mol. The van der Waals surface area contributed by atoms with E-state index < -0.39 is 0 Å². The van der Waals surface area contributed by atoms with E-state index >= 15 is 0 Å². The Morgan fingerprint density at radius 3 is 2.68 bits per heavy atom. The van der Waals surface area contributed by atoms with E-state index in [1.807, 2.05) is 24.3 Å². The number of hydrogen-bond donors (Lipinski definition) is 1. The van der Waals surface area contributed by atoms with Crippen LogP contribution in [-0.4, -0.2) is 21.0 Å². The van der Waals surface area contributed by atoms with Crippen LogP contribution in [0.2, 0.25) is 0 Å². The zero-order valence-electron chi connectivity index (χ0n) is 12.0. The Kier molecular flexibility index (Phi) is 3.91. The van der Waals surface area contributed by atoms with Gasteiger partial charge in [0.2, 0.25) is 5.89 Å². The number of pyridine rings is 1. The molecule has 0 aliphatic carbocycles. The Balaban J connectivity index is 1.81. The second-order valence-corrected chi connectivity index (χ2v) is 4.76. The average Bonchev–Trinajstić information content (AvgIpc) is 2.95. The summed E-state index contributed by atoms with van der Waals surface area (Å²) >= 11 is 0. The standard InChI is InChI=1S/C16H14N4O2/c1-11-18-15(22-20-11)10-13-4-2-3-5-14(13)19-16(21)12-6-8-17-9-7-12/h2-9H,10H2,1H3,(H,19,21). The van der Waals surface area contributed by atoms with Gasteiger partial charge in [-0.1, -0.05) is 23.4 Å². The minimum atomic E-state index is -0.184. The van der Waals surface area contributed by atoms with Crippen molar-refractivity contribution in [2.24, 2.45) is 0 Å². The lowest BCUT2D eigenvalue weighted by Gasteiger charge is -2.09. The molecule has 1 N–H and O–H groups in total. The molecule has 1 aromatic carbocycles. The van der Waals surface area contributed by atoms with Crippen molar-refractivity contribution >= 4 is 11.6 Å². The molecule has 110 valence electrons. The summed E-state index contributed by atoms with van der Waals surface area (Å²) in [5.41, 5.74) is 2.19. The number of rotatable bonds is 4. The third-order valence-electron chi connectivity index (χ3n) is 3.12. The maximum atomic E-state index is 12.2. The molecule has 0 fully saturated rings. The highest BCUT2D eigenvalue weighted by molar-refractivity contribution is 6.04. The molecule has 0 atom stereocenters. The Bertz CT molecular complexity index is 784. The van der Waals surface area contributed by atoms with Crippen LogP contribution >= 0.6 is 0 Å². The monoisotopic (exact) mass is 294 g/mol. The van der Waals surface area contributed by atoms with Crippen molar-refractivity contribution in [2.75, 3.05) is 5.32 Å². The van der Waals surface area contributed by atoms with Gasteiger partial charge in [-0.25, -0.2) is 0 Å². The Morgan fingerprint density at radius 2 is 1.95 bits per heavy atom. The lowest BCUT2D eigenvalue weighted by Crippen LogP contribution is -2.13. The van der Waals surface area contributed by atoms with Crippen molar-refractivity contribution in [1.29, 1.82) is 0 Å². The quantitative estimate of drug-likeness (QED) is 0.800. The predicted octanol–water partition coefficient (Wildman–Crippen LogP) is 2.62. The van der Waals surface area contributed by atoms with Crippen LogP contribution in [0.1, 0.15) is 27.6 Å². The lowest BCUT2D eigenvalue weighted by molar-refractivity contribution is 0.102. The lowest BCUT2D eigenvalue weighted by atomic mass is 10.1. The Hall–Kier alpha value is -3.02. The summed E-state index contributed by atoms with van der Waals surface area (Å²) in [7, 11) is 0. The zero-order chi connectivity index (χ0) is 15.4. The van der Waals surface area contributed by atoms with Gasteiger partial charge < -0.3 is 9.84 Å². The molecule has 2 heterocycles. The van der Waals surface area contributed by atoms with Crippen LogP contribution in [0.25, 0.3) is 0 Å². The third kappa shape index (κ3) is 3.17. The minimum Gasteiger partial charge on any atom is -0.339 e. The van der Waals surface area contributed by atoms with Crippen molar-refractivity contribution < 1.29 is 9.32 Å². The van der Waals surface area contributed by atoms with Crippen molar-refractivity contribution in [3.63, 3.8) is 0 Å². The highest BCUT2D eigenvalue weighted by Crippen LogP contribution is 2.19. The Labute approximate surface area is 127 Å². The number of amides is 1. The van der Waals surface area contributed by atoms with Crippen LogP contribution in [0, 0.1) is 6.92 Å². The first-order chi connectivity index (χ1) is 10.7. The van der Waals surface area contributed by atoms with Gasteiger partial charge >= 0.3 is 0 Å². The molecule has 0 bridgehead atoms. The Morgan fingerprint density at radius 1 is 1.18 bits per heavy atom. The molecule has 0 unspecified atom stereocenters. The van der Waals surface area contributed by atoms with E-state index in [2.05, 4.69) is 20.4 Å². The second kappa shape index (κ2) is 6.17. The fourth-order valence-electron chi connectivity index (χ4n) is 2.07. The van der Waals surface area contributed by atoms with Gasteiger partial charge in [-0.2, -0.15) is 4.98 Å². The number of nitrogens with zero attached hydrogens (tertiary/aromatic N) is 3. The van der Waals surface area contributed by atoms with Gasteiger partial charge in [-0.15, -0.1) is 0 Å². The van der Waals surface area contributed by atoms with Crippen molar-refractivity contribution in [3.05, 3.63) is 71.6 Å². The van der Waals surface area contributed by atoms with Gasteiger partial charge in [0.25, 0.3) is 5.91 Å². The van der Waals surface area contributed by atoms with Crippen molar-refractivity contribution in [2.45, 2.75) is 13.3 Å². The van der Waals surface area contributed by atoms with E-state index in [4.69, 9.17) is 4.52 Å². The summed E-state index contributed by atoms with van der Waals surface area (Å²) in [5, 5.41) is 6.67. The number of aromatic nitrogens is 3. The van der Waals surface area contributed by atoms with Crippen molar-refractivity contribution in [3.8, 4) is 0 Å². The summed E-state index contributed by atoms with van der Waals surface area (Å²) < 4.78 is 5.13. The third-order valence-corrected chi connectivity index (χ3v) is 3.12. The van der Waals surface area contributed by atoms with Gasteiger partial charge in [0.15, 0.2) is 5.82 Å². The van der Waals surface area contributed by atoms with Crippen molar-refractivity contribution in [1.82, 2.24) is 15.1 Å². The number of carbonyl (C=O) groups is 1. The van der Waals surface area contributed by atoms with E-state index in [1.165, 1.54) is 0 Å². The largest absolute Gasteiger partial charge is 0.339 e. The van der Waals surface area contributed by atoms with Gasteiger partial charge in [0, 0.05) is 23.6 Å². The first kappa shape index (κ1) is 13.9. The van der Waals surface area contributed by atoms with Gasteiger partial charge in [0.05, 0.1) is 6.42 Å². The summed E-state index contributed by atoms with van der Waals surface area (Å²) in [5.74, 6) is 0.924. The molecule has 3 rings (SSSR count). The van der Waals surface area contributed by atoms with Gasteiger partial charge in [0.1, 0.15) is 0 Å². The SMILES string of the molecule is Cc1noc(Cc2ccccc2NC(=O)c2ccncc2)n1. The number of carbonyl (C=O) groups excluding carboxylic acids is 1. The van der Waals surface area contributed by atoms with E-state index in [9.17, 15) is 4.79 Å². The minimum absolute atomic E-state index is 0.184. The molecule has 0 saturated heterocycles. The average molecular weight is 294 g/mol. The molecule has 3 aromatic rings. The number of para-hydroxylation sites is 1. The molecule has 0 aliphatic heterocycles. The van der Waals surface area contributed by atoms with E-state index in [-0.39, 0.29) is 5.91 Å². The molecule has 0 spiro atoms. The van der Waals surface area contributed by atoms with E-state index in [1.54, 1.807) is 31.5 Å². The summed E-state index contributed by atoms with van der Waals surface area (Å²) in [6.45, 7) is 1.77. The number of benzene rings is 1. The normalized spacial score (nSPS) is 10.4. The zero-order valence-corrected chi connectivity index (χ0v) is 12.0. The van der Waals surface area contributed by atoms with E-state index in [0.29, 0.717) is 23.7 Å². The first-order valence-corrected chi connectivity index (χ1v) is 6.81. The fourth-order valence-corrected chi connectivity index (χ4v) is 2.07. The number of nitrogens with one attached hydrogen (secondary N) is 1. The molecule has 0 aliphatic rings. The van der Waals surface area contributed by atoms with Crippen LogP contribution in [0.15, 0.2) is 53.3 Å². The number of anilines is 1.